The molecule has 0 aliphatic carbocycles. The van der Waals surface area contributed by atoms with Crippen LogP contribution in [0, 0.1) is 11.3 Å². The molecule has 6 heteroatoms. The molecule has 0 saturated heterocycles. The van der Waals surface area contributed by atoms with Gasteiger partial charge in [0.15, 0.2) is 0 Å². The van der Waals surface area contributed by atoms with Gasteiger partial charge in [-0.25, -0.2) is 4.68 Å². The van der Waals surface area contributed by atoms with Gasteiger partial charge in [0.25, 0.3) is 5.56 Å². The number of carbonyl (C=O) groups is 1. The fourth-order valence-electron chi connectivity index (χ4n) is 2.77. The van der Waals surface area contributed by atoms with Crippen molar-refractivity contribution in [3.63, 3.8) is 0 Å². The van der Waals surface area contributed by atoms with Crippen LogP contribution in [-0.4, -0.2) is 15.7 Å². The van der Waals surface area contributed by atoms with Crippen molar-refractivity contribution >= 4 is 11.6 Å². The maximum absolute atomic E-state index is 12.8. The summed E-state index contributed by atoms with van der Waals surface area (Å²) >= 11 is 0. The predicted octanol–water partition coefficient (Wildman–Crippen LogP) is 3.37. The van der Waals surface area contributed by atoms with Crippen molar-refractivity contribution in [3.05, 3.63) is 82.6 Å². The summed E-state index contributed by atoms with van der Waals surface area (Å²) < 4.78 is 1.21. The number of aromatic nitrogens is 2. The van der Waals surface area contributed by atoms with Crippen LogP contribution < -0.4 is 10.9 Å². The summed E-state index contributed by atoms with van der Waals surface area (Å²) in [6, 6.07) is 20.4. The molecule has 0 saturated carbocycles. The SMILES string of the molecule is CC[C@H](C(=O)Nc1cccc(C#N)c1)n1nc(-c2ccccc2)ccc1=O. The molecule has 1 atom stereocenters. The minimum atomic E-state index is -0.757. The van der Waals surface area contributed by atoms with Crippen molar-refractivity contribution < 1.29 is 4.79 Å². The smallest absolute Gasteiger partial charge is 0.267 e. The number of nitrogens with one attached hydrogen (secondary N) is 1. The van der Waals surface area contributed by atoms with Gasteiger partial charge in [-0.3, -0.25) is 9.59 Å². The second-order valence-electron chi connectivity index (χ2n) is 5.97. The topological polar surface area (TPSA) is 87.8 Å². The maximum atomic E-state index is 12.8. The summed E-state index contributed by atoms with van der Waals surface area (Å²) in [6.07, 6.45) is 0.398. The molecule has 0 aliphatic heterocycles. The Hall–Kier alpha value is -3.72. The first-order chi connectivity index (χ1) is 13.1. The van der Waals surface area contributed by atoms with Gasteiger partial charge in [-0.15, -0.1) is 0 Å². The molecule has 0 aliphatic rings. The van der Waals surface area contributed by atoms with Crippen LogP contribution in [0.15, 0.2) is 71.5 Å². The standard InChI is InChI=1S/C21H18N4O2/c1-2-19(21(27)23-17-10-6-7-15(13-17)14-22)25-20(26)12-11-18(24-25)16-8-4-3-5-9-16/h3-13,19H,2H2,1H3,(H,23,27)/t19-/m1/s1. The summed E-state index contributed by atoms with van der Waals surface area (Å²) in [5.41, 5.74) is 2.09. The van der Waals surface area contributed by atoms with Gasteiger partial charge in [0.2, 0.25) is 5.91 Å². The fraction of sp³-hybridized carbons (Fsp3) is 0.143. The van der Waals surface area contributed by atoms with E-state index in [-0.39, 0.29) is 11.5 Å². The van der Waals surface area contributed by atoms with Crippen LogP contribution in [0.1, 0.15) is 24.9 Å². The van der Waals surface area contributed by atoms with E-state index >= 15 is 0 Å². The van der Waals surface area contributed by atoms with Gasteiger partial charge in [-0.2, -0.15) is 10.4 Å². The third kappa shape index (κ3) is 4.10. The number of benzene rings is 2. The van der Waals surface area contributed by atoms with Crippen molar-refractivity contribution in [2.75, 3.05) is 5.32 Å². The molecule has 1 amide bonds. The Kier molecular flexibility index (Phi) is 5.43. The predicted molar refractivity (Wildman–Crippen MR) is 103 cm³/mol. The van der Waals surface area contributed by atoms with Crippen LogP contribution in [0.25, 0.3) is 11.3 Å². The normalized spacial score (nSPS) is 11.4. The molecule has 3 rings (SSSR count). The minimum Gasteiger partial charge on any atom is -0.324 e. The second kappa shape index (κ2) is 8.11. The van der Waals surface area contributed by atoms with Gasteiger partial charge in [0, 0.05) is 17.3 Å². The third-order valence-corrected chi connectivity index (χ3v) is 4.14. The highest BCUT2D eigenvalue weighted by Gasteiger charge is 2.21. The van der Waals surface area contributed by atoms with Crippen molar-refractivity contribution in [3.8, 4) is 17.3 Å². The molecular weight excluding hydrogens is 340 g/mol. The lowest BCUT2D eigenvalue weighted by Gasteiger charge is -2.17. The van der Waals surface area contributed by atoms with E-state index in [9.17, 15) is 9.59 Å². The minimum absolute atomic E-state index is 0.345. The molecule has 1 N–H and O–H groups in total. The highest BCUT2D eigenvalue weighted by Crippen LogP contribution is 2.18. The zero-order valence-corrected chi connectivity index (χ0v) is 14.8. The number of nitriles is 1. The Labute approximate surface area is 156 Å². The molecule has 0 unspecified atom stereocenters. The Morgan fingerprint density at radius 1 is 1.15 bits per heavy atom. The quantitative estimate of drug-likeness (QED) is 0.757. The van der Waals surface area contributed by atoms with Crippen molar-refractivity contribution in [1.29, 1.82) is 5.26 Å². The average Bonchev–Trinajstić information content (AvgIpc) is 2.70. The van der Waals surface area contributed by atoms with E-state index in [1.54, 1.807) is 30.3 Å². The molecule has 134 valence electrons. The summed E-state index contributed by atoms with van der Waals surface area (Å²) in [6.45, 7) is 1.82. The van der Waals surface area contributed by atoms with E-state index in [1.165, 1.54) is 10.7 Å². The number of rotatable bonds is 5. The number of anilines is 1. The van der Waals surface area contributed by atoms with Crippen LogP contribution in [0.5, 0.6) is 0 Å². The molecule has 2 aromatic carbocycles. The largest absolute Gasteiger partial charge is 0.324 e. The van der Waals surface area contributed by atoms with Gasteiger partial charge in [0.1, 0.15) is 6.04 Å². The summed E-state index contributed by atoms with van der Waals surface area (Å²) in [5.74, 6) is -0.354. The van der Waals surface area contributed by atoms with E-state index in [0.717, 1.165) is 5.56 Å². The highest BCUT2D eigenvalue weighted by molar-refractivity contribution is 5.93. The lowest BCUT2D eigenvalue weighted by Crippen LogP contribution is -2.34. The van der Waals surface area contributed by atoms with Gasteiger partial charge >= 0.3 is 0 Å². The van der Waals surface area contributed by atoms with Gasteiger partial charge < -0.3 is 5.32 Å². The Morgan fingerprint density at radius 2 is 1.93 bits per heavy atom. The number of hydrogen-bond donors (Lipinski definition) is 1. The summed E-state index contributed by atoms with van der Waals surface area (Å²) in [5, 5.41) is 16.2. The molecule has 6 nitrogen and oxygen atoms in total. The third-order valence-electron chi connectivity index (χ3n) is 4.14. The van der Waals surface area contributed by atoms with Crippen LogP contribution in [0.2, 0.25) is 0 Å². The van der Waals surface area contributed by atoms with E-state index in [2.05, 4.69) is 10.4 Å². The lowest BCUT2D eigenvalue weighted by molar-refractivity contribution is -0.119. The molecule has 0 radical (unpaired) electrons. The highest BCUT2D eigenvalue weighted by atomic mass is 16.2. The Morgan fingerprint density at radius 3 is 2.63 bits per heavy atom. The fourth-order valence-corrected chi connectivity index (χ4v) is 2.77. The first-order valence-electron chi connectivity index (χ1n) is 8.58. The number of hydrogen-bond acceptors (Lipinski definition) is 4. The van der Waals surface area contributed by atoms with Crippen LogP contribution in [0.3, 0.4) is 0 Å². The zero-order valence-electron chi connectivity index (χ0n) is 14.8. The first kappa shape index (κ1) is 18.1. The van der Waals surface area contributed by atoms with Gasteiger partial charge in [-0.1, -0.05) is 43.3 Å². The summed E-state index contributed by atoms with van der Waals surface area (Å²) in [7, 11) is 0. The molecule has 1 aromatic heterocycles. The van der Waals surface area contributed by atoms with Crippen molar-refractivity contribution in [1.82, 2.24) is 9.78 Å². The summed E-state index contributed by atoms with van der Waals surface area (Å²) in [4.78, 5) is 25.1. The van der Waals surface area contributed by atoms with E-state index in [0.29, 0.717) is 23.4 Å². The Bertz CT molecular complexity index is 1050. The van der Waals surface area contributed by atoms with E-state index in [4.69, 9.17) is 5.26 Å². The zero-order chi connectivity index (χ0) is 19.2. The van der Waals surface area contributed by atoms with E-state index in [1.807, 2.05) is 43.3 Å². The van der Waals surface area contributed by atoms with Gasteiger partial charge in [0.05, 0.1) is 17.3 Å². The molecule has 0 bridgehead atoms. The van der Waals surface area contributed by atoms with Crippen LogP contribution in [-0.2, 0) is 4.79 Å². The molecule has 0 spiro atoms. The molecule has 3 aromatic rings. The molecule has 0 fully saturated rings. The number of carbonyl (C=O) groups excluding carboxylic acids is 1. The Balaban J connectivity index is 1.91. The van der Waals surface area contributed by atoms with E-state index < -0.39 is 6.04 Å². The van der Waals surface area contributed by atoms with Crippen molar-refractivity contribution in [2.24, 2.45) is 0 Å². The van der Waals surface area contributed by atoms with Crippen LogP contribution in [0.4, 0.5) is 5.69 Å². The first-order valence-corrected chi connectivity index (χ1v) is 8.58. The maximum Gasteiger partial charge on any atom is 0.267 e. The molecule has 27 heavy (non-hydrogen) atoms. The second-order valence-corrected chi connectivity index (χ2v) is 5.97. The number of nitrogens with zero attached hydrogens (tertiary/aromatic N) is 3. The lowest BCUT2D eigenvalue weighted by atomic mass is 10.1. The van der Waals surface area contributed by atoms with Gasteiger partial charge in [-0.05, 0) is 30.7 Å². The monoisotopic (exact) mass is 358 g/mol. The molecule has 1 heterocycles. The van der Waals surface area contributed by atoms with Crippen LogP contribution >= 0.6 is 0 Å². The number of amides is 1. The molecular formula is C21H18N4O2. The average molecular weight is 358 g/mol. The van der Waals surface area contributed by atoms with Crippen molar-refractivity contribution in [2.45, 2.75) is 19.4 Å².